The zero-order valence-corrected chi connectivity index (χ0v) is 15.2. The summed E-state index contributed by atoms with van der Waals surface area (Å²) >= 11 is 1.82. The third-order valence-corrected chi connectivity index (χ3v) is 6.17. The van der Waals surface area contributed by atoms with Gasteiger partial charge in [-0.15, -0.1) is 11.3 Å². The molecule has 1 aromatic heterocycles. The lowest BCUT2D eigenvalue weighted by Crippen LogP contribution is -1.86. The molecule has 25 heavy (non-hydrogen) atoms. The molecule has 0 N–H and O–H groups in total. The lowest BCUT2D eigenvalue weighted by molar-refractivity contribution is 0.796. The Bertz CT molecular complexity index is 1230. The normalized spacial score (nSPS) is 11.9. The first-order valence-electron chi connectivity index (χ1n) is 9.09. The van der Waals surface area contributed by atoms with Gasteiger partial charge in [-0.05, 0) is 80.4 Å². The first-order valence-corrected chi connectivity index (χ1v) is 9.97. The summed E-state index contributed by atoms with van der Waals surface area (Å²) in [7, 11) is 0. The number of aryl methyl sites for hydroxylation is 1. The molecule has 0 radical (unpaired) electrons. The number of benzene rings is 4. The van der Waals surface area contributed by atoms with Crippen LogP contribution in [-0.2, 0) is 6.42 Å². The number of fused-ring (bicyclic) bond motifs is 6. The highest BCUT2D eigenvalue weighted by atomic mass is 32.1. The van der Waals surface area contributed by atoms with E-state index in [0.29, 0.717) is 0 Å². The van der Waals surface area contributed by atoms with Gasteiger partial charge in [0.05, 0.1) is 0 Å². The summed E-state index contributed by atoms with van der Waals surface area (Å²) in [5, 5.41) is 11.7. The fraction of sp³-hybridized carbons (Fsp3) is 0.167. The largest absolute Gasteiger partial charge is 0.144 e. The number of hydrogen-bond donors (Lipinski definition) is 0. The van der Waals surface area contributed by atoms with Crippen LogP contribution in [0, 0.1) is 0 Å². The minimum Gasteiger partial charge on any atom is -0.144 e. The molecule has 0 amide bonds. The first kappa shape index (κ1) is 14.9. The van der Waals surface area contributed by atoms with Crippen molar-refractivity contribution in [2.75, 3.05) is 0 Å². The van der Waals surface area contributed by atoms with Crippen molar-refractivity contribution in [2.24, 2.45) is 0 Å². The molecule has 0 fully saturated rings. The van der Waals surface area contributed by atoms with Gasteiger partial charge < -0.3 is 0 Å². The van der Waals surface area contributed by atoms with Crippen LogP contribution in [0.1, 0.15) is 25.3 Å². The Morgan fingerprint density at radius 2 is 1.52 bits per heavy atom. The summed E-state index contributed by atoms with van der Waals surface area (Å²) < 4.78 is 1.37. The number of hydrogen-bond acceptors (Lipinski definition) is 1. The van der Waals surface area contributed by atoms with Gasteiger partial charge in [0.25, 0.3) is 0 Å². The Balaban J connectivity index is 1.80. The van der Waals surface area contributed by atoms with Crippen molar-refractivity contribution in [1.29, 1.82) is 0 Å². The van der Waals surface area contributed by atoms with Crippen LogP contribution >= 0.6 is 11.3 Å². The smallest absolute Gasteiger partial charge is 0.0349 e. The lowest BCUT2D eigenvalue weighted by atomic mass is 9.95. The molecular weight excluding hydrogens is 320 g/mol. The van der Waals surface area contributed by atoms with Crippen LogP contribution in [0.3, 0.4) is 0 Å². The first-order chi connectivity index (χ1) is 12.3. The minimum atomic E-state index is 1.18. The van der Waals surface area contributed by atoms with E-state index in [1.54, 1.807) is 0 Å². The number of unbranched alkanes of at least 4 members (excludes halogenated alkanes) is 1. The van der Waals surface area contributed by atoms with Gasteiger partial charge in [0.1, 0.15) is 0 Å². The quantitative estimate of drug-likeness (QED) is 0.233. The van der Waals surface area contributed by atoms with E-state index in [1.807, 2.05) is 11.3 Å². The summed E-state index contributed by atoms with van der Waals surface area (Å²) in [4.78, 5) is 0. The molecule has 4 aromatic carbocycles. The van der Waals surface area contributed by atoms with Gasteiger partial charge in [-0.25, -0.2) is 0 Å². The average molecular weight is 340 g/mol. The second-order valence-electron chi connectivity index (χ2n) is 6.92. The topological polar surface area (TPSA) is 0 Å². The molecule has 0 saturated carbocycles. The van der Waals surface area contributed by atoms with Crippen LogP contribution in [0.25, 0.3) is 42.4 Å². The second kappa shape index (κ2) is 5.86. The molecule has 0 aliphatic rings. The summed E-state index contributed by atoms with van der Waals surface area (Å²) in [6.45, 7) is 2.26. The van der Waals surface area contributed by atoms with E-state index >= 15 is 0 Å². The summed E-state index contributed by atoms with van der Waals surface area (Å²) in [6.07, 6.45) is 3.69. The highest BCUT2D eigenvalue weighted by Crippen LogP contribution is 2.35. The van der Waals surface area contributed by atoms with Crippen LogP contribution in [-0.4, -0.2) is 0 Å². The van der Waals surface area contributed by atoms with E-state index in [2.05, 4.69) is 73.0 Å². The summed E-state index contributed by atoms with van der Waals surface area (Å²) in [6, 6.07) is 23.1. The molecule has 122 valence electrons. The van der Waals surface area contributed by atoms with Crippen LogP contribution in [0.15, 0.2) is 66.0 Å². The van der Waals surface area contributed by atoms with Crippen molar-refractivity contribution in [3.63, 3.8) is 0 Å². The van der Waals surface area contributed by atoms with E-state index in [4.69, 9.17) is 0 Å². The maximum atomic E-state index is 2.39. The lowest BCUT2D eigenvalue weighted by Gasteiger charge is -2.09. The molecule has 0 aliphatic carbocycles. The fourth-order valence-corrected chi connectivity index (χ4v) is 4.73. The van der Waals surface area contributed by atoms with Crippen LogP contribution in [0.5, 0.6) is 0 Å². The summed E-state index contributed by atoms with van der Waals surface area (Å²) in [5.41, 5.74) is 1.45. The van der Waals surface area contributed by atoms with Gasteiger partial charge in [0, 0.05) is 10.1 Å². The summed E-state index contributed by atoms with van der Waals surface area (Å²) in [5.74, 6) is 0. The van der Waals surface area contributed by atoms with Gasteiger partial charge in [-0.3, -0.25) is 0 Å². The molecule has 1 heteroatoms. The van der Waals surface area contributed by atoms with Gasteiger partial charge in [0.2, 0.25) is 0 Å². The number of rotatable bonds is 3. The van der Waals surface area contributed by atoms with Crippen molar-refractivity contribution in [3.8, 4) is 0 Å². The monoisotopic (exact) mass is 340 g/mol. The van der Waals surface area contributed by atoms with Crippen LogP contribution < -0.4 is 0 Å². The van der Waals surface area contributed by atoms with Crippen LogP contribution in [0.2, 0.25) is 0 Å². The van der Waals surface area contributed by atoms with Crippen molar-refractivity contribution < 1.29 is 0 Å². The molecule has 0 bridgehead atoms. The zero-order chi connectivity index (χ0) is 16.8. The average Bonchev–Trinajstić information content (AvgIpc) is 3.13. The predicted molar refractivity (Wildman–Crippen MR) is 113 cm³/mol. The molecule has 5 aromatic rings. The van der Waals surface area contributed by atoms with E-state index in [1.165, 1.54) is 67.2 Å². The highest BCUT2D eigenvalue weighted by molar-refractivity contribution is 7.17. The van der Waals surface area contributed by atoms with Gasteiger partial charge in [-0.2, -0.15) is 0 Å². The molecule has 0 spiro atoms. The van der Waals surface area contributed by atoms with Crippen molar-refractivity contribution >= 4 is 53.7 Å². The van der Waals surface area contributed by atoms with E-state index in [-0.39, 0.29) is 0 Å². The fourth-order valence-electron chi connectivity index (χ4n) is 3.93. The molecule has 1 heterocycles. The predicted octanol–water partition coefficient (Wildman–Crippen LogP) is 7.70. The van der Waals surface area contributed by atoms with Crippen molar-refractivity contribution in [2.45, 2.75) is 26.2 Å². The van der Waals surface area contributed by atoms with E-state index in [0.717, 1.165) is 0 Å². The Hall–Kier alpha value is -2.38. The Labute approximate surface area is 151 Å². The Kier molecular flexibility index (Phi) is 3.50. The van der Waals surface area contributed by atoms with Crippen molar-refractivity contribution in [1.82, 2.24) is 0 Å². The van der Waals surface area contributed by atoms with Crippen LogP contribution in [0.4, 0.5) is 0 Å². The highest BCUT2D eigenvalue weighted by Gasteiger charge is 2.07. The standard InChI is InChI=1S/C24H20S/c1-2-3-4-16-5-6-17-14-18-7-8-20-21(23(18)15-19(17)13-16)9-10-24-22(20)11-12-25-24/h5-15H,2-4H2,1H3. The maximum absolute atomic E-state index is 2.39. The third-order valence-electron chi connectivity index (χ3n) is 5.29. The zero-order valence-electron chi connectivity index (χ0n) is 14.4. The SMILES string of the molecule is CCCCc1ccc2cc3ccc4c5ccsc5ccc4c3cc2c1. The van der Waals surface area contributed by atoms with E-state index < -0.39 is 0 Å². The van der Waals surface area contributed by atoms with Gasteiger partial charge >= 0.3 is 0 Å². The second-order valence-corrected chi connectivity index (χ2v) is 7.86. The Morgan fingerprint density at radius 1 is 0.680 bits per heavy atom. The Morgan fingerprint density at radius 3 is 2.44 bits per heavy atom. The molecule has 0 unspecified atom stereocenters. The maximum Gasteiger partial charge on any atom is 0.0349 e. The molecule has 0 aliphatic heterocycles. The molecule has 5 rings (SSSR count). The van der Waals surface area contributed by atoms with Gasteiger partial charge in [-0.1, -0.05) is 49.7 Å². The van der Waals surface area contributed by atoms with Crippen molar-refractivity contribution in [3.05, 3.63) is 71.6 Å². The molecule has 0 atom stereocenters. The molecule has 0 nitrogen and oxygen atoms in total. The van der Waals surface area contributed by atoms with E-state index in [9.17, 15) is 0 Å². The minimum absolute atomic E-state index is 1.18. The van der Waals surface area contributed by atoms with Gasteiger partial charge in [0.15, 0.2) is 0 Å². The molecular formula is C24H20S. The third kappa shape index (κ3) is 2.42. The molecule has 0 saturated heterocycles. The number of thiophene rings is 1.